The molecule has 1 aromatic carbocycles. The van der Waals surface area contributed by atoms with Gasteiger partial charge in [0.2, 0.25) is 5.91 Å². The van der Waals surface area contributed by atoms with Crippen LogP contribution in [-0.4, -0.2) is 17.5 Å². The normalized spacial score (nSPS) is 12.2. The summed E-state index contributed by atoms with van der Waals surface area (Å²) in [5.74, 6) is 0.625. The smallest absolute Gasteiger partial charge is 0.226 e. The minimum Gasteiger partial charge on any atom is -0.487 e. The Labute approximate surface area is 147 Å². The van der Waals surface area contributed by atoms with Crippen LogP contribution in [0, 0.1) is 5.92 Å². The summed E-state index contributed by atoms with van der Waals surface area (Å²) in [6.07, 6.45) is 0.00308. The first-order chi connectivity index (χ1) is 11.5. The summed E-state index contributed by atoms with van der Waals surface area (Å²) in [6, 6.07) is 7.38. The van der Waals surface area contributed by atoms with Gasteiger partial charge < -0.3 is 14.8 Å². The zero-order valence-corrected chi connectivity index (χ0v) is 15.4. The van der Waals surface area contributed by atoms with Crippen molar-refractivity contribution in [2.24, 2.45) is 5.92 Å². The molecule has 2 rings (SSSR count). The largest absolute Gasteiger partial charge is 0.487 e. The van der Waals surface area contributed by atoms with E-state index in [1.54, 1.807) is 11.3 Å². The van der Waals surface area contributed by atoms with E-state index in [4.69, 9.17) is 9.47 Å². The number of hydrogen-bond acceptors (Lipinski definition) is 5. The standard InChI is InChI=1S/C18H24N2O3S/c1-5-22-13(4)18-20-15(11-24-18)10-23-16-8-6-7-14(9-16)19-17(21)12(2)3/h6-9,11-13H,5,10H2,1-4H3,(H,19,21)/t13-/m1/s1. The maximum Gasteiger partial charge on any atom is 0.226 e. The fraction of sp³-hybridized carbons (Fsp3) is 0.444. The molecular weight excluding hydrogens is 324 g/mol. The van der Waals surface area contributed by atoms with Crippen LogP contribution in [-0.2, 0) is 16.1 Å². The molecule has 1 N–H and O–H groups in total. The number of benzene rings is 1. The van der Waals surface area contributed by atoms with Gasteiger partial charge >= 0.3 is 0 Å². The molecule has 1 atom stereocenters. The number of ether oxygens (including phenoxy) is 2. The van der Waals surface area contributed by atoms with Gasteiger partial charge in [-0.3, -0.25) is 4.79 Å². The minimum absolute atomic E-state index is 0.00308. The molecule has 0 saturated carbocycles. The summed E-state index contributed by atoms with van der Waals surface area (Å²) < 4.78 is 11.3. The molecule has 0 bridgehead atoms. The van der Waals surface area contributed by atoms with Gasteiger partial charge in [-0.2, -0.15) is 0 Å². The molecule has 0 spiro atoms. The van der Waals surface area contributed by atoms with Gasteiger partial charge in [-0.05, 0) is 26.0 Å². The first-order valence-corrected chi connectivity index (χ1v) is 8.97. The molecule has 6 heteroatoms. The predicted molar refractivity (Wildman–Crippen MR) is 96.4 cm³/mol. The van der Waals surface area contributed by atoms with Crippen LogP contribution in [0.2, 0.25) is 0 Å². The average Bonchev–Trinajstić information content (AvgIpc) is 3.02. The molecule has 5 nitrogen and oxygen atoms in total. The first-order valence-electron chi connectivity index (χ1n) is 8.09. The summed E-state index contributed by atoms with van der Waals surface area (Å²) in [7, 11) is 0. The number of rotatable bonds is 8. The van der Waals surface area contributed by atoms with E-state index in [0.29, 0.717) is 19.0 Å². The molecule has 1 amide bonds. The third-order valence-corrected chi connectivity index (χ3v) is 4.40. The molecule has 130 valence electrons. The van der Waals surface area contributed by atoms with E-state index >= 15 is 0 Å². The van der Waals surface area contributed by atoms with Gasteiger partial charge in [-0.1, -0.05) is 19.9 Å². The zero-order valence-electron chi connectivity index (χ0n) is 14.5. The molecule has 1 heterocycles. The number of carbonyl (C=O) groups excluding carboxylic acids is 1. The van der Waals surface area contributed by atoms with Crippen molar-refractivity contribution in [2.75, 3.05) is 11.9 Å². The fourth-order valence-corrected chi connectivity index (χ4v) is 2.81. The average molecular weight is 348 g/mol. The number of carbonyl (C=O) groups is 1. The zero-order chi connectivity index (χ0) is 17.5. The van der Waals surface area contributed by atoms with Crippen LogP contribution in [0.5, 0.6) is 5.75 Å². The van der Waals surface area contributed by atoms with E-state index in [-0.39, 0.29) is 17.9 Å². The van der Waals surface area contributed by atoms with Crippen molar-refractivity contribution >= 4 is 22.9 Å². The number of anilines is 1. The Kier molecular flexibility index (Phi) is 6.75. The van der Waals surface area contributed by atoms with E-state index in [1.807, 2.05) is 57.3 Å². The summed E-state index contributed by atoms with van der Waals surface area (Å²) in [5, 5.41) is 5.80. The van der Waals surface area contributed by atoms with Gasteiger partial charge in [-0.15, -0.1) is 11.3 Å². The highest BCUT2D eigenvalue weighted by Gasteiger charge is 2.11. The number of nitrogens with one attached hydrogen (secondary N) is 1. The Morgan fingerprint density at radius 2 is 2.12 bits per heavy atom. The Bertz CT molecular complexity index is 670. The lowest BCUT2D eigenvalue weighted by atomic mass is 10.2. The van der Waals surface area contributed by atoms with E-state index in [1.165, 1.54) is 0 Å². The van der Waals surface area contributed by atoms with Crippen LogP contribution in [0.4, 0.5) is 5.69 Å². The summed E-state index contributed by atoms with van der Waals surface area (Å²) in [4.78, 5) is 16.3. The molecule has 2 aromatic rings. The maximum atomic E-state index is 11.8. The second kappa shape index (κ2) is 8.80. The lowest BCUT2D eigenvalue weighted by Gasteiger charge is -2.10. The molecule has 0 aliphatic carbocycles. The summed E-state index contributed by atoms with van der Waals surface area (Å²) in [6.45, 7) is 8.74. The fourth-order valence-electron chi connectivity index (χ4n) is 2.00. The topological polar surface area (TPSA) is 60.5 Å². The number of thiazole rings is 1. The van der Waals surface area contributed by atoms with Crippen molar-refractivity contribution < 1.29 is 14.3 Å². The van der Waals surface area contributed by atoms with Gasteiger partial charge in [0.25, 0.3) is 0 Å². The van der Waals surface area contributed by atoms with Crippen LogP contribution in [0.15, 0.2) is 29.6 Å². The molecule has 0 saturated heterocycles. The number of aromatic nitrogens is 1. The third-order valence-electron chi connectivity index (χ3n) is 3.35. The van der Waals surface area contributed by atoms with Crippen LogP contribution in [0.1, 0.15) is 44.5 Å². The molecule has 0 radical (unpaired) electrons. The van der Waals surface area contributed by atoms with Crippen molar-refractivity contribution in [2.45, 2.75) is 40.4 Å². The van der Waals surface area contributed by atoms with Crippen molar-refractivity contribution in [1.82, 2.24) is 4.98 Å². The first kappa shape index (κ1) is 18.4. The Morgan fingerprint density at radius 1 is 1.33 bits per heavy atom. The SMILES string of the molecule is CCO[C@H](C)c1nc(COc2cccc(NC(=O)C(C)C)c2)cs1. The lowest BCUT2D eigenvalue weighted by molar-refractivity contribution is -0.118. The van der Waals surface area contributed by atoms with E-state index in [9.17, 15) is 4.79 Å². The second-order valence-corrected chi connectivity index (χ2v) is 6.62. The Hall–Kier alpha value is -1.92. The molecule has 0 unspecified atom stereocenters. The van der Waals surface area contributed by atoms with Crippen molar-refractivity contribution in [3.8, 4) is 5.75 Å². The van der Waals surface area contributed by atoms with Crippen LogP contribution >= 0.6 is 11.3 Å². The van der Waals surface area contributed by atoms with Crippen LogP contribution in [0.25, 0.3) is 0 Å². The molecule has 0 aliphatic rings. The van der Waals surface area contributed by atoms with Gasteiger partial charge in [0, 0.05) is 29.7 Å². The summed E-state index contributed by atoms with van der Waals surface area (Å²) >= 11 is 1.57. The van der Waals surface area contributed by atoms with E-state index < -0.39 is 0 Å². The highest BCUT2D eigenvalue weighted by atomic mass is 32.1. The van der Waals surface area contributed by atoms with E-state index in [0.717, 1.165) is 16.4 Å². The van der Waals surface area contributed by atoms with Crippen molar-refractivity contribution in [3.63, 3.8) is 0 Å². The molecule has 0 fully saturated rings. The number of hydrogen-bond donors (Lipinski definition) is 1. The van der Waals surface area contributed by atoms with Crippen molar-refractivity contribution in [1.29, 1.82) is 0 Å². The Morgan fingerprint density at radius 3 is 2.83 bits per heavy atom. The van der Waals surface area contributed by atoms with Crippen LogP contribution < -0.4 is 10.1 Å². The molecule has 1 aromatic heterocycles. The van der Waals surface area contributed by atoms with Crippen LogP contribution in [0.3, 0.4) is 0 Å². The lowest BCUT2D eigenvalue weighted by Crippen LogP contribution is -2.17. The predicted octanol–water partition coefficient (Wildman–Crippen LogP) is 4.41. The number of nitrogens with zero attached hydrogens (tertiary/aromatic N) is 1. The van der Waals surface area contributed by atoms with Gasteiger partial charge in [0.1, 0.15) is 23.5 Å². The highest BCUT2D eigenvalue weighted by Crippen LogP contribution is 2.23. The molecular formula is C18H24N2O3S. The van der Waals surface area contributed by atoms with Gasteiger partial charge in [0.05, 0.1) is 5.69 Å². The minimum atomic E-state index is -0.0599. The molecule has 24 heavy (non-hydrogen) atoms. The quantitative estimate of drug-likeness (QED) is 0.767. The maximum absolute atomic E-state index is 11.8. The Balaban J connectivity index is 1.93. The molecule has 0 aliphatic heterocycles. The highest BCUT2D eigenvalue weighted by molar-refractivity contribution is 7.09. The number of amides is 1. The summed E-state index contributed by atoms with van der Waals surface area (Å²) in [5.41, 5.74) is 1.60. The second-order valence-electron chi connectivity index (χ2n) is 5.74. The third kappa shape index (κ3) is 5.32. The van der Waals surface area contributed by atoms with Gasteiger partial charge in [-0.25, -0.2) is 4.98 Å². The van der Waals surface area contributed by atoms with E-state index in [2.05, 4.69) is 10.3 Å². The van der Waals surface area contributed by atoms with Crippen molar-refractivity contribution in [3.05, 3.63) is 40.3 Å². The monoisotopic (exact) mass is 348 g/mol. The van der Waals surface area contributed by atoms with Gasteiger partial charge in [0.15, 0.2) is 0 Å².